The van der Waals surface area contributed by atoms with Crippen LogP contribution < -0.4 is 4.74 Å². The number of carbonyl (C=O) groups is 1. The van der Waals surface area contributed by atoms with Gasteiger partial charge in [-0.3, -0.25) is 9.69 Å². The molecule has 0 radical (unpaired) electrons. The smallest absolute Gasteiger partial charge is 0.257 e. The Morgan fingerprint density at radius 1 is 1.00 bits per heavy atom. The number of fused-ring (bicyclic) bond motifs is 1. The first-order chi connectivity index (χ1) is 15.2. The van der Waals surface area contributed by atoms with E-state index in [2.05, 4.69) is 47.4 Å². The first-order valence-electron chi connectivity index (χ1n) is 11.1. The molecule has 31 heavy (non-hydrogen) atoms. The summed E-state index contributed by atoms with van der Waals surface area (Å²) in [6, 6.07) is 18.9. The highest BCUT2D eigenvalue weighted by atomic mass is 16.5. The van der Waals surface area contributed by atoms with E-state index in [1.807, 2.05) is 11.0 Å². The quantitative estimate of drug-likeness (QED) is 0.613. The molecule has 0 spiro atoms. The number of piperidine rings is 1. The van der Waals surface area contributed by atoms with E-state index < -0.39 is 0 Å². The number of carbonyl (C=O) groups excluding carboxylic acids is 1. The first-order valence-corrected chi connectivity index (χ1v) is 11.1. The number of nitrogens with zero attached hydrogens (tertiary/aromatic N) is 2. The Labute approximate surface area is 183 Å². The number of amides is 1. The van der Waals surface area contributed by atoms with Gasteiger partial charge in [-0.05, 0) is 41.3 Å². The van der Waals surface area contributed by atoms with Crippen molar-refractivity contribution in [1.29, 1.82) is 0 Å². The molecule has 2 aliphatic heterocycles. The van der Waals surface area contributed by atoms with Crippen LogP contribution in [0.4, 0.5) is 0 Å². The lowest BCUT2D eigenvalue weighted by atomic mass is 9.99. The predicted molar refractivity (Wildman–Crippen MR) is 119 cm³/mol. The molecule has 160 valence electrons. The molecular formula is C26H28N2O3. The van der Waals surface area contributed by atoms with Gasteiger partial charge in [0.05, 0.1) is 11.8 Å². The van der Waals surface area contributed by atoms with Crippen molar-refractivity contribution in [1.82, 2.24) is 9.80 Å². The molecule has 1 saturated heterocycles. The molecule has 1 fully saturated rings. The molecule has 0 N–H and O–H groups in total. The van der Waals surface area contributed by atoms with Gasteiger partial charge in [0, 0.05) is 45.6 Å². The van der Waals surface area contributed by atoms with E-state index in [-0.39, 0.29) is 12.0 Å². The van der Waals surface area contributed by atoms with Gasteiger partial charge in [-0.2, -0.15) is 0 Å². The number of likely N-dealkylation sites (tertiary alicyclic amines) is 1. The molecule has 0 bridgehead atoms. The maximum atomic E-state index is 12.5. The van der Waals surface area contributed by atoms with Crippen LogP contribution in [0.2, 0.25) is 0 Å². The monoisotopic (exact) mass is 416 g/mol. The third-order valence-electron chi connectivity index (χ3n) is 6.31. The summed E-state index contributed by atoms with van der Waals surface area (Å²) in [5.74, 6) is 0.965. The second-order valence-electron chi connectivity index (χ2n) is 8.50. The Morgan fingerprint density at radius 2 is 1.84 bits per heavy atom. The van der Waals surface area contributed by atoms with E-state index in [0.717, 1.165) is 44.6 Å². The van der Waals surface area contributed by atoms with Gasteiger partial charge in [0.25, 0.3) is 5.91 Å². The summed E-state index contributed by atoms with van der Waals surface area (Å²) in [4.78, 5) is 16.8. The second kappa shape index (κ2) is 8.98. The molecular weight excluding hydrogens is 388 g/mol. The van der Waals surface area contributed by atoms with Gasteiger partial charge in [-0.1, -0.05) is 36.4 Å². The van der Waals surface area contributed by atoms with E-state index in [1.165, 1.54) is 23.0 Å². The molecule has 3 aromatic rings. The van der Waals surface area contributed by atoms with Crippen LogP contribution in [-0.2, 0) is 19.5 Å². The standard InChI is InChI=1S/C26H28N2O3/c29-26(23-11-15-30-19-23)28-13-9-24(10-14-28)31-25-7-3-4-20(16-25)17-27-12-8-21-5-1-2-6-22(21)18-27/h1-7,11,15-16,19,24H,8-10,12-14,17-18H2. The van der Waals surface area contributed by atoms with Crippen LogP contribution in [0.3, 0.4) is 0 Å². The summed E-state index contributed by atoms with van der Waals surface area (Å²) in [5.41, 5.74) is 4.82. The summed E-state index contributed by atoms with van der Waals surface area (Å²) in [5, 5.41) is 0. The number of hydrogen-bond donors (Lipinski definition) is 0. The molecule has 3 heterocycles. The van der Waals surface area contributed by atoms with Gasteiger partial charge in [0.1, 0.15) is 18.1 Å². The molecule has 0 saturated carbocycles. The van der Waals surface area contributed by atoms with Crippen LogP contribution in [-0.4, -0.2) is 41.4 Å². The molecule has 0 atom stereocenters. The molecule has 0 unspecified atom stereocenters. The normalized spacial score (nSPS) is 17.4. The lowest BCUT2D eigenvalue weighted by Crippen LogP contribution is -2.41. The molecule has 2 aromatic carbocycles. The fraction of sp³-hybridized carbons (Fsp3) is 0.346. The van der Waals surface area contributed by atoms with Gasteiger partial charge in [-0.15, -0.1) is 0 Å². The number of benzene rings is 2. The van der Waals surface area contributed by atoms with E-state index in [1.54, 1.807) is 12.3 Å². The van der Waals surface area contributed by atoms with E-state index in [9.17, 15) is 4.79 Å². The van der Waals surface area contributed by atoms with Gasteiger partial charge in [-0.25, -0.2) is 0 Å². The van der Waals surface area contributed by atoms with Crippen LogP contribution in [0.1, 0.15) is 39.9 Å². The second-order valence-corrected chi connectivity index (χ2v) is 8.50. The highest BCUT2D eigenvalue weighted by Crippen LogP contribution is 2.24. The molecule has 5 rings (SSSR count). The Balaban J connectivity index is 1.15. The van der Waals surface area contributed by atoms with E-state index in [0.29, 0.717) is 18.7 Å². The Bertz CT molecular complexity index is 1020. The summed E-state index contributed by atoms with van der Waals surface area (Å²) >= 11 is 0. The minimum atomic E-state index is 0.0392. The van der Waals surface area contributed by atoms with Crippen molar-refractivity contribution in [2.45, 2.75) is 38.5 Å². The average Bonchev–Trinajstić information content (AvgIpc) is 3.34. The first kappa shape index (κ1) is 19.9. The van der Waals surface area contributed by atoms with Crippen molar-refractivity contribution in [3.05, 3.63) is 89.4 Å². The minimum absolute atomic E-state index is 0.0392. The van der Waals surface area contributed by atoms with Crippen molar-refractivity contribution >= 4 is 5.91 Å². The molecule has 1 aromatic heterocycles. The third-order valence-corrected chi connectivity index (χ3v) is 6.31. The third kappa shape index (κ3) is 4.67. The Kier molecular flexibility index (Phi) is 5.76. The molecule has 5 heteroatoms. The van der Waals surface area contributed by atoms with Gasteiger partial charge < -0.3 is 14.1 Å². The van der Waals surface area contributed by atoms with Crippen molar-refractivity contribution in [2.24, 2.45) is 0 Å². The maximum Gasteiger partial charge on any atom is 0.257 e. The van der Waals surface area contributed by atoms with E-state index in [4.69, 9.17) is 9.15 Å². The lowest BCUT2D eigenvalue weighted by molar-refractivity contribution is 0.0594. The molecule has 2 aliphatic rings. The zero-order valence-corrected chi connectivity index (χ0v) is 17.7. The fourth-order valence-electron chi connectivity index (χ4n) is 4.60. The van der Waals surface area contributed by atoms with Gasteiger partial charge in [0.15, 0.2) is 0 Å². The summed E-state index contributed by atoms with van der Waals surface area (Å²) in [6.45, 7) is 4.45. The van der Waals surface area contributed by atoms with Crippen molar-refractivity contribution in [3.8, 4) is 5.75 Å². The number of rotatable bonds is 5. The van der Waals surface area contributed by atoms with Crippen LogP contribution >= 0.6 is 0 Å². The van der Waals surface area contributed by atoms with Gasteiger partial charge in [0.2, 0.25) is 0 Å². The van der Waals surface area contributed by atoms with Crippen molar-refractivity contribution in [2.75, 3.05) is 19.6 Å². The van der Waals surface area contributed by atoms with E-state index >= 15 is 0 Å². The van der Waals surface area contributed by atoms with Crippen LogP contribution in [0, 0.1) is 0 Å². The zero-order chi connectivity index (χ0) is 21.0. The fourth-order valence-corrected chi connectivity index (χ4v) is 4.60. The summed E-state index contributed by atoms with van der Waals surface area (Å²) in [7, 11) is 0. The highest BCUT2D eigenvalue weighted by molar-refractivity contribution is 5.93. The molecule has 0 aliphatic carbocycles. The number of furan rings is 1. The lowest BCUT2D eigenvalue weighted by Gasteiger charge is -2.32. The van der Waals surface area contributed by atoms with Crippen molar-refractivity contribution in [3.63, 3.8) is 0 Å². The maximum absolute atomic E-state index is 12.5. The Morgan fingerprint density at radius 3 is 2.65 bits per heavy atom. The number of ether oxygens (including phenoxy) is 1. The van der Waals surface area contributed by atoms with Crippen LogP contribution in [0.5, 0.6) is 5.75 Å². The molecule has 5 nitrogen and oxygen atoms in total. The summed E-state index contributed by atoms with van der Waals surface area (Å²) in [6.07, 6.45) is 6.00. The Hall–Kier alpha value is -3.05. The largest absolute Gasteiger partial charge is 0.490 e. The van der Waals surface area contributed by atoms with Crippen LogP contribution in [0.15, 0.2) is 71.5 Å². The number of hydrogen-bond acceptors (Lipinski definition) is 4. The summed E-state index contributed by atoms with van der Waals surface area (Å²) < 4.78 is 11.3. The van der Waals surface area contributed by atoms with Gasteiger partial charge >= 0.3 is 0 Å². The van der Waals surface area contributed by atoms with Crippen molar-refractivity contribution < 1.29 is 13.9 Å². The SMILES string of the molecule is O=C(c1ccoc1)N1CCC(Oc2cccc(CN3CCc4ccccc4C3)c2)CC1. The molecule has 1 amide bonds. The van der Waals surface area contributed by atoms with Crippen LogP contribution in [0.25, 0.3) is 0 Å². The predicted octanol–water partition coefficient (Wildman–Crippen LogP) is 4.52. The zero-order valence-electron chi connectivity index (χ0n) is 17.7. The average molecular weight is 417 g/mol. The minimum Gasteiger partial charge on any atom is -0.490 e. The highest BCUT2D eigenvalue weighted by Gasteiger charge is 2.25. The topological polar surface area (TPSA) is 45.9 Å².